The van der Waals surface area contributed by atoms with Gasteiger partial charge in [-0.1, -0.05) is 48.5 Å². The van der Waals surface area contributed by atoms with Crippen LogP contribution in [0.1, 0.15) is 31.4 Å². The van der Waals surface area contributed by atoms with Gasteiger partial charge in [0, 0.05) is 31.4 Å². The molecule has 1 unspecified atom stereocenters. The van der Waals surface area contributed by atoms with Crippen molar-refractivity contribution in [2.45, 2.75) is 39.3 Å². The van der Waals surface area contributed by atoms with E-state index in [1.165, 1.54) is 16.8 Å². The van der Waals surface area contributed by atoms with E-state index in [-0.39, 0.29) is 24.0 Å². The number of aliphatic imine (C=N–C) groups is 1. The second-order valence-corrected chi connectivity index (χ2v) is 7.49. The number of hydrogen-bond donors (Lipinski definition) is 2. The Labute approximate surface area is 198 Å². The molecule has 1 saturated heterocycles. The molecule has 0 aliphatic carbocycles. The maximum Gasteiger partial charge on any atom is 0.191 e. The summed E-state index contributed by atoms with van der Waals surface area (Å²) in [7, 11) is 0. The molecule has 0 amide bonds. The maximum absolute atomic E-state index is 5.50. The fourth-order valence-electron chi connectivity index (χ4n) is 3.57. The van der Waals surface area contributed by atoms with Crippen molar-refractivity contribution in [3.8, 4) is 0 Å². The summed E-state index contributed by atoms with van der Waals surface area (Å²) in [4.78, 5) is 7.27. The van der Waals surface area contributed by atoms with Gasteiger partial charge in [0.25, 0.3) is 0 Å². The molecule has 164 valence electrons. The molecular weight excluding hydrogens is 487 g/mol. The Morgan fingerprint density at radius 3 is 2.50 bits per heavy atom. The summed E-state index contributed by atoms with van der Waals surface area (Å²) in [6.07, 6.45) is 2.13. The highest BCUT2D eigenvalue weighted by atomic mass is 127. The monoisotopic (exact) mass is 522 g/mol. The van der Waals surface area contributed by atoms with Gasteiger partial charge in [-0.2, -0.15) is 0 Å². The lowest BCUT2D eigenvalue weighted by molar-refractivity contribution is 0.122. The summed E-state index contributed by atoms with van der Waals surface area (Å²) >= 11 is 0. The van der Waals surface area contributed by atoms with Crippen LogP contribution in [0.2, 0.25) is 0 Å². The highest BCUT2D eigenvalue weighted by molar-refractivity contribution is 14.0. The number of para-hydroxylation sites is 1. The third-order valence-electron chi connectivity index (χ3n) is 5.19. The Balaban J connectivity index is 0.00000320. The van der Waals surface area contributed by atoms with Gasteiger partial charge < -0.3 is 20.3 Å². The smallest absolute Gasteiger partial charge is 0.191 e. The highest BCUT2D eigenvalue weighted by Crippen LogP contribution is 2.22. The van der Waals surface area contributed by atoms with Crippen molar-refractivity contribution in [2.75, 3.05) is 37.7 Å². The van der Waals surface area contributed by atoms with E-state index < -0.39 is 0 Å². The number of aryl methyl sites for hydroxylation is 1. The van der Waals surface area contributed by atoms with Gasteiger partial charge in [-0.15, -0.1) is 24.0 Å². The third kappa shape index (κ3) is 7.80. The number of benzene rings is 2. The number of halogens is 1. The predicted octanol–water partition coefficient (Wildman–Crippen LogP) is 4.22. The molecule has 1 heterocycles. The van der Waals surface area contributed by atoms with Crippen molar-refractivity contribution >= 4 is 35.6 Å². The van der Waals surface area contributed by atoms with E-state index in [2.05, 4.69) is 84.0 Å². The number of nitrogens with zero attached hydrogens (tertiary/aromatic N) is 2. The first kappa shape index (κ1) is 24.5. The molecule has 0 saturated carbocycles. The van der Waals surface area contributed by atoms with Crippen LogP contribution >= 0.6 is 24.0 Å². The minimum atomic E-state index is 0. The molecule has 2 aromatic carbocycles. The normalized spacial score (nSPS) is 15.3. The Hall–Kier alpha value is -1.80. The summed E-state index contributed by atoms with van der Waals surface area (Å²) in [6, 6.07) is 19.6. The van der Waals surface area contributed by atoms with E-state index in [1.54, 1.807) is 0 Å². The summed E-state index contributed by atoms with van der Waals surface area (Å²) in [5.41, 5.74) is 3.90. The largest absolute Gasteiger partial charge is 0.378 e. The van der Waals surface area contributed by atoms with Crippen LogP contribution in [0.5, 0.6) is 0 Å². The first-order valence-electron chi connectivity index (χ1n) is 10.8. The predicted molar refractivity (Wildman–Crippen MR) is 137 cm³/mol. The van der Waals surface area contributed by atoms with Gasteiger partial charge in [0.1, 0.15) is 0 Å². The van der Waals surface area contributed by atoms with Crippen molar-refractivity contribution in [1.29, 1.82) is 0 Å². The number of guanidine groups is 1. The van der Waals surface area contributed by atoms with Crippen molar-refractivity contribution in [2.24, 2.45) is 4.99 Å². The second-order valence-electron chi connectivity index (χ2n) is 7.49. The van der Waals surface area contributed by atoms with E-state index in [0.29, 0.717) is 12.6 Å². The fourth-order valence-corrected chi connectivity index (χ4v) is 3.57. The molecule has 0 bridgehead atoms. The van der Waals surface area contributed by atoms with E-state index >= 15 is 0 Å². The first-order valence-corrected chi connectivity index (χ1v) is 10.8. The molecule has 5 nitrogen and oxygen atoms in total. The zero-order valence-electron chi connectivity index (χ0n) is 18.1. The lowest BCUT2D eigenvalue weighted by Crippen LogP contribution is -2.42. The maximum atomic E-state index is 5.50. The molecule has 6 heteroatoms. The van der Waals surface area contributed by atoms with Gasteiger partial charge in [-0.05, 0) is 43.9 Å². The highest BCUT2D eigenvalue weighted by Gasteiger charge is 2.14. The molecular formula is C24H35IN4O. The molecule has 3 rings (SSSR count). The number of ether oxygens (including phenoxy) is 1. The van der Waals surface area contributed by atoms with E-state index in [1.807, 2.05) is 0 Å². The summed E-state index contributed by atoms with van der Waals surface area (Å²) in [5, 5.41) is 6.95. The zero-order valence-corrected chi connectivity index (χ0v) is 20.5. The Morgan fingerprint density at radius 1 is 1.07 bits per heavy atom. The summed E-state index contributed by atoms with van der Waals surface area (Å²) < 4.78 is 5.50. The van der Waals surface area contributed by atoms with Crippen LogP contribution in [-0.4, -0.2) is 44.8 Å². The molecule has 30 heavy (non-hydrogen) atoms. The lowest BCUT2D eigenvalue weighted by atomic mass is 10.1. The standard InChI is InChI=1S/C24H34N4O.HI/c1-3-25-24(27-20(2)13-14-21-9-5-4-6-10-21)26-19-22-11-7-8-12-23(22)28-15-17-29-18-16-28;/h4-12,20H,3,13-19H2,1-2H3,(H2,25,26,27);1H. The molecule has 1 atom stereocenters. The Bertz CT molecular complexity index is 763. The SMILES string of the molecule is CCNC(=NCc1ccccc1N1CCOCC1)NC(C)CCc1ccccc1.I. The van der Waals surface area contributed by atoms with Gasteiger partial charge >= 0.3 is 0 Å². The minimum absolute atomic E-state index is 0. The number of anilines is 1. The summed E-state index contributed by atoms with van der Waals surface area (Å²) in [6.45, 7) is 9.30. The molecule has 0 aromatic heterocycles. The molecule has 0 radical (unpaired) electrons. The molecule has 1 fully saturated rings. The van der Waals surface area contributed by atoms with Gasteiger partial charge in [-0.25, -0.2) is 4.99 Å². The van der Waals surface area contributed by atoms with Crippen LogP contribution in [-0.2, 0) is 17.7 Å². The first-order chi connectivity index (χ1) is 14.3. The van der Waals surface area contributed by atoms with Crippen molar-refractivity contribution in [3.05, 3.63) is 65.7 Å². The van der Waals surface area contributed by atoms with Gasteiger partial charge in [0.2, 0.25) is 0 Å². The fraction of sp³-hybridized carbons (Fsp3) is 0.458. The van der Waals surface area contributed by atoms with E-state index in [0.717, 1.165) is 51.6 Å². The van der Waals surface area contributed by atoms with Crippen LogP contribution in [0.4, 0.5) is 5.69 Å². The Kier molecular flexibility index (Phi) is 11.0. The number of morpholine rings is 1. The molecule has 2 N–H and O–H groups in total. The van der Waals surface area contributed by atoms with Crippen LogP contribution in [0.15, 0.2) is 59.6 Å². The Morgan fingerprint density at radius 2 is 1.77 bits per heavy atom. The molecule has 2 aromatic rings. The van der Waals surface area contributed by atoms with Crippen LogP contribution in [0.3, 0.4) is 0 Å². The van der Waals surface area contributed by atoms with E-state index in [9.17, 15) is 0 Å². The van der Waals surface area contributed by atoms with Gasteiger partial charge in [0.15, 0.2) is 5.96 Å². The van der Waals surface area contributed by atoms with Crippen LogP contribution in [0.25, 0.3) is 0 Å². The molecule has 1 aliphatic rings. The van der Waals surface area contributed by atoms with Crippen molar-refractivity contribution in [1.82, 2.24) is 10.6 Å². The van der Waals surface area contributed by atoms with Crippen LogP contribution in [0, 0.1) is 0 Å². The van der Waals surface area contributed by atoms with Crippen LogP contribution < -0.4 is 15.5 Å². The third-order valence-corrected chi connectivity index (χ3v) is 5.19. The van der Waals surface area contributed by atoms with Crippen molar-refractivity contribution < 1.29 is 4.74 Å². The van der Waals surface area contributed by atoms with E-state index in [4.69, 9.17) is 9.73 Å². The van der Waals surface area contributed by atoms with Crippen molar-refractivity contribution in [3.63, 3.8) is 0 Å². The van der Waals surface area contributed by atoms with Gasteiger partial charge in [-0.3, -0.25) is 0 Å². The number of rotatable bonds is 8. The number of nitrogens with one attached hydrogen (secondary N) is 2. The minimum Gasteiger partial charge on any atom is -0.378 e. The number of hydrogen-bond acceptors (Lipinski definition) is 3. The second kappa shape index (κ2) is 13.5. The topological polar surface area (TPSA) is 48.9 Å². The summed E-state index contributed by atoms with van der Waals surface area (Å²) in [5.74, 6) is 0.879. The average Bonchev–Trinajstić information content (AvgIpc) is 2.78. The van der Waals surface area contributed by atoms with Gasteiger partial charge in [0.05, 0.1) is 19.8 Å². The molecule has 0 spiro atoms. The lowest BCUT2D eigenvalue weighted by Gasteiger charge is -2.30. The molecule has 1 aliphatic heterocycles. The average molecular weight is 522 g/mol. The quantitative estimate of drug-likeness (QED) is 0.310. The zero-order chi connectivity index (χ0) is 20.3.